The van der Waals surface area contributed by atoms with Crippen molar-refractivity contribution in [3.05, 3.63) is 98.5 Å². The maximum atomic E-state index is 13.2. The van der Waals surface area contributed by atoms with E-state index in [-0.39, 0.29) is 26.9 Å². The first-order chi connectivity index (χ1) is 15.3. The number of hydrogen-bond acceptors (Lipinski definition) is 4. The summed E-state index contributed by atoms with van der Waals surface area (Å²) in [5.74, 6) is -1.92. The highest BCUT2D eigenvalue weighted by Crippen LogP contribution is 2.45. The van der Waals surface area contributed by atoms with Crippen LogP contribution < -0.4 is 9.64 Å². The summed E-state index contributed by atoms with van der Waals surface area (Å²) in [5, 5.41) is 12.2. The lowest BCUT2D eigenvalue weighted by Gasteiger charge is -2.25. The molecule has 0 aromatic heterocycles. The smallest absolute Gasteiger partial charge is 0.300 e. The van der Waals surface area contributed by atoms with Gasteiger partial charge in [0.25, 0.3) is 11.7 Å². The van der Waals surface area contributed by atoms with Crippen molar-refractivity contribution in [2.24, 2.45) is 0 Å². The molecule has 0 saturated carbocycles. The number of rotatable bonds is 4. The second-order valence-electron chi connectivity index (χ2n) is 7.02. The highest BCUT2D eigenvalue weighted by Gasteiger charge is 2.47. The van der Waals surface area contributed by atoms with Gasteiger partial charge in [-0.25, -0.2) is 0 Å². The molecule has 1 heterocycles. The monoisotopic (exact) mass is 487 g/mol. The molecule has 5 nitrogen and oxygen atoms in total. The van der Waals surface area contributed by atoms with Crippen molar-refractivity contribution < 1.29 is 19.4 Å². The molecule has 1 unspecified atom stereocenters. The van der Waals surface area contributed by atoms with E-state index < -0.39 is 23.5 Å². The Labute approximate surface area is 199 Å². The molecule has 3 aromatic carbocycles. The van der Waals surface area contributed by atoms with Crippen LogP contribution in [0.5, 0.6) is 5.75 Å². The number of nitrogens with zero attached hydrogens (tertiary/aromatic N) is 1. The summed E-state index contributed by atoms with van der Waals surface area (Å²) in [7, 11) is 1.38. The summed E-state index contributed by atoms with van der Waals surface area (Å²) in [6.07, 6.45) is 0. The maximum absolute atomic E-state index is 13.2. The Bertz CT molecular complexity index is 1240. The van der Waals surface area contributed by atoms with E-state index in [0.717, 1.165) is 0 Å². The summed E-state index contributed by atoms with van der Waals surface area (Å²) in [6, 6.07) is 17.4. The minimum atomic E-state index is -0.905. The van der Waals surface area contributed by atoms with Gasteiger partial charge in [-0.2, -0.15) is 0 Å². The number of anilines is 1. The lowest BCUT2D eigenvalue weighted by Crippen LogP contribution is -2.29. The predicted molar refractivity (Wildman–Crippen MR) is 126 cm³/mol. The van der Waals surface area contributed by atoms with E-state index in [0.29, 0.717) is 16.3 Å². The Morgan fingerprint density at radius 3 is 2.22 bits per heavy atom. The molecule has 0 radical (unpaired) electrons. The van der Waals surface area contributed by atoms with Gasteiger partial charge in [0.1, 0.15) is 11.5 Å². The molecule has 4 rings (SSSR count). The number of para-hydroxylation sites is 1. The number of ether oxygens (including phenoxy) is 1. The van der Waals surface area contributed by atoms with Gasteiger partial charge in [-0.3, -0.25) is 14.5 Å². The molecule has 0 spiro atoms. The molecule has 0 bridgehead atoms. The number of ketones is 1. The highest BCUT2D eigenvalue weighted by molar-refractivity contribution is 6.52. The van der Waals surface area contributed by atoms with E-state index in [1.54, 1.807) is 54.6 Å². The van der Waals surface area contributed by atoms with Gasteiger partial charge < -0.3 is 9.84 Å². The topological polar surface area (TPSA) is 66.8 Å². The van der Waals surface area contributed by atoms with E-state index in [9.17, 15) is 14.7 Å². The van der Waals surface area contributed by atoms with Crippen LogP contribution >= 0.6 is 34.8 Å². The Morgan fingerprint density at radius 2 is 1.59 bits per heavy atom. The Kier molecular flexibility index (Phi) is 6.15. The summed E-state index contributed by atoms with van der Waals surface area (Å²) < 4.78 is 5.33. The van der Waals surface area contributed by atoms with E-state index in [1.165, 1.54) is 24.1 Å². The van der Waals surface area contributed by atoms with Gasteiger partial charge in [0, 0.05) is 15.7 Å². The van der Waals surface area contributed by atoms with Crippen LogP contribution in [-0.2, 0) is 9.59 Å². The Hall–Kier alpha value is -2.99. The number of methoxy groups -OCH3 is 1. The molecular weight excluding hydrogens is 473 g/mol. The van der Waals surface area contributed by atoms with Gasteiger partial charge in [0.05, 0.1) is 29.3 Å². The molecule has 1 aliphatic heterocycles. The molecule has 1 N–H and O–H groups in total. The van der Waals surface area contributed by atoms with Crippen molar-refractivity contribution in [3.63, 3.8) is 0 Å². The third kappa shape index (κ3) is 3.84. The van der Waals surface area contributed by atoms with Crippen LogP contribution in [0.4, 0.5) is 5.69 Å². The first-order valence-electron chi connectivity index (χ1n) is 9.48. The van der Waals surface area contributed by atoms with Crippen LogP contribution in [0, 0.1) is 0 Å². The fourth-order valence-corrected chi connectivity index (χ4v) is 4.43. The first-order valence-corrected chi connectivity index (χ1v) is 10.6. The summed E-state index contributed by atoms with van der Waals surface area (Å²) in [5.41, 5.74) is 1.09. The van der Waals surface area contributed by atoms with Crippen molar-refractivity contribution in [2.75, 3.05) is 12.0 Å². The molecule has 32 heavy (non-hydrogen) atoms. The van der Waals surface area contributed by atoms with Gasteiger partial charge in [-0.05, 0) is 42.0 Å². The minimum absolute atomic E-state index is 0.107. The number of halogens is 3. The standard InChI is InChI=1S/C24H16Cl3NO4/c1-32-23-17(11-15(26)12-18(23)27)21(29)19-20(13-7-9-14(25)10-8-13)28(24(31)22(19)30)16-5-3-2-4-6-16/h2-12,20,29H,1H3/b21-19+. The number of aliphatic hydroxyl groups excluding tert-OH is 1. The zero-order valence-electron chi connectivity index (χ0n) is 16.7. The number of hydrogen-bond donors (Lipinski definition) is 1. The van der Waals surface area contributed by atoms with Crippen LogP contribution in [0.1, 0.15) is 17.2 Å². The molecule has 0 aliphatic carbocycles. The molecule has 1 amide bonds. The highest BCUT2D eigenvalue weighted by atomic mass is 35.5. The number of benzene rings is 3. The van der Waals surface area contributed by atoms with Gasteiger partial charge >= 0.3 is 0 Å². The minimum Gasteiger partial charge on any atom is -0.507 e. The van der Waals surface area contributed by atoms with Crippen molar-refractivity contribution in [1.29, 1.82) is 0 Å². The summed E-state index contributed by atoms with van der Waals surface area (Å²) in [6.45, 7) is 0. The maximum Gasteiger partial charge on any atom is 0.300 e. The first kappa shape index (κ1) is 22.2. The number of amides is 1. The Morgan fingerprint density at radius 1 is 0.938 bits per heavy atom. The van der Waals surface area contributed by atoms with Crippen LogP contribution in [0.2, 0.25) is 15.1 Å². The molecule has 162 valence electrons. The summed E-state index contributed by atoms with van der Waals surface area (Å²) in [4.78, 5) is 27.6. The van der Waals surface area contributed by atoms with Crippen LogP contribution in [0.3, 0.4) is 0 Å². The Balaban J connectivity index is 2.00. The molecule has 1 atom stereocenters. The quantitative estimate of drug-likeness (QED) is 0.266. The second-order valence-corrected chi connectivity index (χ2v) is 8.30. The predicted octanol–water partition coefficient (Wildman–Crippen LogP) is 6.28. The zero-order chi connectivity index (χ0) is 23.0. The third-order valence-corrected chi connectivity index (χ3v) is 5.88. The van der Waals surface area contributed by atoms with Crippen molar-refractivity contribution in [2.45, 2.75) is 6.04 Å². The molecular formula is C24H16Cl3NO4. The van der Waals surface area contributed by atoms with Crippen LogP contribution in [0.15, 0.2) is 72.3 Å². The van der Waals surface area contributed by atoms with E-state index >= 15 is 0 Å². The zero-order valence-corrected chi connectivity index (χ0v) is 18.9. The van der Waals surface area contributed by atoms with Crippen molar-refractivity contribution >= 4 is 57.9 Å². The largest absolute Gasteiger partial charge is 0.507 e. The molecule has 1 fully saturated rings. The lowest BCUT2D eigenvalue weighted by atomic mass is 9.95. The molecule has 1 saturated heterocycles. The van der Waals surface area contributed by atoms with Crippen LogP contribution in [-0.4, -0.2) is 23.9 Å². The number of carbonyl (C=O) groups excluding carboxylic acids is 2. The summed E-state index contributed by atoms with van der Waals surface area (Å²) >= 11 is 18.4. The average Bonchev–Trinajstić information content (AvgIpc) is 3.04. The van der Waals surface area contributed by atoms with Crippen molar-refractivity contribution in [3.8, 4) is 5.75 Å². The second kappa shape index (κ2) is 8.87. The van der Waals surface area contributed by atoms with Gasteiger partial charge in [0.2, 0.25) is 0 Å². The number of carbonyl (C=O) groups is 2. The SMILES string of the molecule is COc1c(Cl)cc(Cl)cc1/C(O)=C1\C(=O)C(=O)N(c2ccccc2)C1c1ccc(Cl)cc1. The molecule has 3 aromatic rings. The van der Waals surface area contributed by atoms with E-state index in [1.807, 2.05) is 0 Å². The fourth-order valence-electron chi connectivity index (χ4n) is 3.74. The lowest BCUT2D eigenvalue weighted by molar-refractivity contribution is -0.132. The van der Waals surface area contributed by atoms with Crippen LogP contribution in [0.25, 0.3) is 5.76 Å². The van der Waals surface area contributed by atoms with Gasteiger partial charge in [0.15, 0.2) is 0 Å². The third-order valence-electron chi connectivity index (χ3n) is 5.13. The number of Topliss-reactive ketones (excluding diaryl/α,β-unsaturated/α-hetero) is 1. The van der Waals surface area contributed by atoms with E-state index in [2.05, 4.69) is 0 Å². The average molecular weight is 489 g/mol. The van der Waals surface area contributed by atoms with Gasteiger partial charge in [-0.1, -0.05) is 65.1 Å². The normalized spacial score (nSPS) is 17.6. The van der Waals surface area contributed by atoms with Crippen molar-refractivity contribution in [1.82, 2.24) is 0 Å². The number of aliphatic hydroxyl groups is 1. The van der Waals surface area contributed by atoms with Gasteiger partial charge in [-0.15, -0.1) is 0 Å². The fraction of sp³-hybridized carbons (Fsp3) is 0.0833. The molecule has 1 aliphatic rings. The molecule has 8 heteroatoms. The van der Waals surface area contributed by atoms with E-state index in [4.69, 9.17) is 39.5 Å².